The summed E-state index contributed by atoms with van der Waals surface area (Å²) in [7, 11) is 0. The van der Waals surface area contributed by atoms with Gasteiger partial charge in [-0.05, 0) is 25.7 Å². The van der Waals surface area contributed by atoms with E-state index in [1.165, 1.54) is 0 Å². The smallest absolute Gasteiger partial charge is 0.222 e. The molecule has 0 aromatic carbocycles. The van der Waals surface area contributed by atoms with Crippen molar-refractivity contribution in [3.05, 3.63) is 5.69 Å². The van der Waals surface area contributed by atoms with Crippen molar-refractivity contribution in [1.82, 2.24) is 9.97 Å². The lowest BCUT2D eigenvalue weighted by Gasteiger charge is -2.17. The monoisotopic (exact) mass is 264 g/mol. The van der Waals surface area contributed by atoms with Crippen LogP contribution in [0.15, 0.2) is 4.99 Å². The van der Waals surface area contributed by atoms with Crippen molar-refractivity contribution >= 4 is 17.5 Å². The van der Waals surface area contributed by atoms with Gasteiger partial charge in [0.2, 0.25) is 5.95 Å². The van der Waals surface area contributed by atoms with Crippen LogP contribution >= 0.6 is 0 Å². The molecule has 104 valence electrons. The van der Waals surface area contributed by atoms with Crippen LogP contribution in [0.25, 0.3) is 0 Å². The van der Waals surface area contributed by atoms with Gasteiger partial charge in [0.1, 0.15) is 0 Å². The minimum atomic E-state index is -0.0708. The van der Waals surface area contributed by atoms with Gasteiger partial charge >= 0.3 is 0 Å². The molecule has 6 nitrogen and oxygen atoms in total. The van der Waals surface area contributed by atoms with Gasteiger partial charge in [0.15, 0.2) is 11.6 Å². The lowest BCUT2D eigenvalue weighted by molar-refractivity contribution is 0.285. The summed E-state index contributed by atoms with van der Waals surface area (Å²) < 4.78 is 5.59. The minimum absolute atomic E-state index is 0.0708. The van der Waals surface area contributed by atoms with Gasteiger partial charge in [-0.2, -0.15) is 4.98 Å². The summed E-state index contributed by atoms with van der Waals surface area (Å²) >= 11 is 0. The number of nitrogens with two attached hydrogens (primary N) is 1. The van der Waals surface area contributed by atoms with Gasteiger partial charge in [-0.25, -0.2) is 9.98 Å². The van der Waals surface area contributed by atoms with Gasteiger partial charge in [-0.3, -0.25) is 0 Å². The Labute approximate surface area is 112 Å². The number of nitrogens with zero attached hydrogens (tertiary/aromatic N) is 3. The molecule has 19 heavy (non-hydrogen) atoms. The Morgan fingerprint density at radius 1 is 1.47 bits per heavy atom. The maximum Gasteiger partial charge on any atom is 0.222 e. The molecule has 0 spiro atoms. The molecule has 0 fully saturated rings. The molecule has 2 heterocycles. The topological polar surface area (TPSA) is 93.6 Å². The molecule has 0 saturated carbocycles. The Bertz CT molecular complexity index is 474. The molecule has 1 aliphatic heterocycles. The number of rotatable bonds is 5. The number of anilines is 1. The molecule has 0 aliphatic carbocycles. The highest BCUT2D eigenvalue weighted by Gasteiger charge is 2.18. The molecule has 1 aromatic rings. The third kappa shape index (κ3) is 3.41. The number of ether oxygens (including phenoxy) is 1. The maximum absolute atomic E-state index is 9.34. The van der Waals surface area contributed by atoms with Crippen LogP contribution in [0.5, 0.6) is 5.75 Å². The average Bonchev–Trinajstić information content (AvgIpc) is 2.43. The van der Waals surface area contributed by atoms with Crippen LogP contribution in [0.1, 0.15) is 38.3 Å². The molecule has 3 N–H and O–H groups in total. The summed E-state index contributed by atoms with van der Waals surface area (Å²) in [6.45, 7) is 2.67. The second-order valence-electron chi connectivity index (χ2n) is 4.57. The third-order valence-corrected chi connectivity index (χ3v) is 3.00. The molecule has 0 bridgehead atoms. The van der Waals surface area contributed by atoms with Gasteiger partial charge in [-0.1, -0.05) is 13.3 Å². The Kier molecular flexibility index (Phi) is 4.68. The van der Waals surface area contributed by atoms with Crippen molar-refractivity contribution in [2.45, 2.75) is 39.0 Å². The first-order valence-electron chi connectivity index (χ1n) is 6.71. The average molecular weight is 264 g/mol. The molecule has 0 atom stereocenters. The Balaban J connectivity index is 2.32. The number of aliphatic hydroxyl groups is 1. The fourth-order valence-corrected chi connectivity index (χ4v) is 2.01. The molecule has 1 aliphatic rings. The molecule has 0 unspecified atom stereocenters. The van der Waals surface area contributed by atoms with E-state index in [1.807, 2.05) is 0 Å². The number of aliphatic hydroxyl groups excluding tert-OH is 1. The maximum atomic E-state index is 9.34. The van der Waals surface area contributed by atoms with Gasteiger partial charge < -0.3 is 15.6 Å². The summed E-state index contributed by atoms with van der Waals surface area (Å²) in [6, 6.07) is 0. The lowest BCUT2D eigenvalue weighted by Crippen LogP contribution is -2.13. The number of aryl methyl sites for hydroxylation is 1. The van der Waals surface area contributed by atoms with E-state index >= 15 is 0 Å². The van der Waals surface area contributed by atoms with Crippen molar-refractivity contribution in [3.63, 3.8) is 0 Å². The van der Waals surface area contributed by atoms with Crippen molar-refractivity contribution in [3.8, 4) is 5.75 Å². The Morgan fingerprint density at radius 3 is 3.05 bits per heavy atom. The molecule has 1 aromatic heterocycles. The number of fused-ring (bicyclic) bond motifs is 1. The van der Waals surface area contributed by atoms with Crippen molar-refractivity contribution in [2.24, 2.45) is 4.99 Å². The van der Waals surface area contributed by atoms with Crippen LogP contribution < -0.4 is 10.5 Å². The first-order chi connectivity index (χ1) is 9.24. The van der Waals surface area contributed by atoms with Crippen LogP contribution in [0.3, 0.4) is 0 Å². The largest absolute Gasteiger partial charge is 0.488 e. The van der Waals surface area contributed by atoms with E-state index in [2.05, 4.69) is 21.9 Å². The van der Waals surface area contributed by atoms with Crippen LogP contribution in [-0.4, -0.2) is 34.0 Å². The van der Waals surface area contributed by atoms with E-state index in [0.29, 0.717) is 23.9 Å². The molecular weight excluding hydrogens is 244 g/mol. The van der Waals surface area contributed by atoms with Crippen molar-refractivity contribution in [1.29, 1.82) is 0 Å². The Morgan fingerprint density at radius 2 is 2.32 bits per heavy atom. The van der Waals surface area contributed by atoms with Crippen LogP contribution in [0, 0.1) is 0 Å². The number of unbranched alkanes of at least 4 members (excludes halogenated alkanes) is 1. The lowest BCUT2D eigenvalue weighted by atomic mass is 10.1. The van der Waals surface area contributed by atoms with E-state index in [1.54, 1.807) is 0 Å². The zero-order chi connectivity index (χ0) is 13.7. The zero-order valence-corrected chi connectivity index (χ0v) is 11.2. The quantitative estimate of drug-likeness (QED) is 0.788. The highest BCUT2D eigenvalue weighted by molar-refractivity contribution is 5.88. The van der Waals surface area contributed by atoms with E-state index < -0.39 is 0 Å². The highest BCUT2D eigenvalue weighted by atomic mass is 16.5. The SMILES string of the molecule is CCCC/C(CO)=N/c1nc(N)nc2c1OCCC2. The number of hydrogen-bond donors (Lipinski definition) is 2. The summed E-state index contributed by atoms with van der Waals surface area (Å²) in [4.78, 5) is 12.7. The fourth-order valence-electron chi connectivity index (χ4n) is 2.01. The van der Waals surface area contributed by atoms with Gasteiger partial charge in [0, 0.05) is 5.71 Å². The molecule has 0 amide bonds. The zero-order valence-electron chi connectivity index (χ0n) is 11.2. The number of aliphatic imine (C=N–C) groups is 1. The summed E-state index contributed by atoms with van der Waals surface area (Å²) in [5, 5.41) is 9.34. The summed E-state index contributed by atoms with van der Waals surface area (Å²) in [6.07, 6.45) is 4.55. The van der Waals surface area contributed by atoms with Crippen LogP contribution in [-0.2, 0) is 6.42 Å². The van der Waals surface area contributed by atoms with E-state index in [9.17, 15) is 5.11 Å². The van der Waals surface area contributed by atoms with E-state index in [4.69, 9.17) is 10.5 Å². The first-order valence-corrected chi connectivity index (χ1v) is 6.71. The Hall–Kier alpha value is -1.69. The first kappa shape index (κ1) is 13.7. The molecule has 0 radical (unpaired) electrons. The predicted octanol–water partition coefficient (Wildman–Crippen LogP) is 1.64. The van der Waals surface area contributed by atoms with Crippen molar-refractivity contribution in [2.75, 3.05) is 18.9 Å². The van der Waals surface area contributed by atoms with Gasteiger partial charge in [0.25, 0.3) is 0 Å². The standard InChI is InChI=1S/C13H20N4O2/c1-2-3-5-9(8-18)15-12-11-10(6-4-7-19-11)16-13(14)17-12/h18H,2-8H2,1H3,(H2,14,16,17)/b15-9-. The second-order valence-corrected chi connectivity index (χ2v) is 4.57. The van der Waals surface area contributed by atoms with Crippen LogP contribution in [0.4, 0.5) is 11.8 Å². The normalized spacial score (nSPS) is 14.9. The molecule has 2 rings (SSSR count). The molecule has 0 saturated heterocycles. The second kappa shape index (κ2) is 6.47. The summed E-state index contributed by atoms with van der Waals surface area (Å²) in [5.74, 6) is 1.26. The summed E-state index contributed by atoms with van der Waals surface area (Å²) in [5.41, 5.74) is 7.21. The highest BCUT2D eigenvalue weighted by Crippen LogP contribution is 2.33. The molecular formula is C13H20N4O2. The van der Waals surface area contributed by atoms with Crippen LogP contribution in [0.2, 0.25) is 0 Å². The van der Waals surface area contributed by atoms with Crippen molar-refractivity contribution < 1.29 is 9.84 Å². The number of aromatic nitrogens is 2. The molecule has 6 heteroatoms. The predicted molar refractivity (Wildman–Crippen MR) is 74.0 cm³/mol. The van der Waals surface area contributed by atoms with E-state index in [0.717, 1.165) is 37.8 Å². The fraction of sp³-hybridized carbons (Fsp3) is 0.615. The number of nitrogen functional groups attached to an aromatic ring is 1. The number of hydrogen-bond acceptors (Lipinski definition) is 6. The third-order valence-electron chi connectivity index (χ3n) is 3.00. The van der Waals surface area contributed by atoms with Gasteiger partial charge in [0.05, 0.1) is 18.9 Å². The van der Waals surface area contributed by atoms with Gasteiger partial charge in [-0.15, -0.1) is 0 Å². The van der Waals surface area contributed by atoms with E-state index in [-0.39, 0.29) is 12.6 Å². The minimum Gasteiger partial charge on any atom is -0.488 e.